The van der Waals surface area contributed by atoms with Crippen LogP contribution in [0.25, 0.3) is 0 Å². The number of rotatable bonds is 10. The average molecular weight is 565 g/mol. The van der Waals surface area contributed by atoms with Gasteiger partial charge in [-0.25, -0.2) is 9.97 Å². The molecule has 1 aliphatic rings. The van der Waals surface area contributed by atoms with Gasteiger partial charge < -0.3 is 24.0 Å². The van der Waals surface area contributed by atoms with Gasteiger partial charge in [0.1, 0.15) is 5.82 Å². The van der Waals surface area contributed by atoms with Crippen LogP contribution < -0.4 is 14.4 Å². The lowest BCUT2D eigenvalue weighted by molar-refractivity contribution is 0.0303. The second kappa shape index (κ2) is 13.4. The average Bonchev–Trinajstić information content (AvgIpc) is 2.98. The Hall–Kier alpha value is -3.30. The molecule has 0 N–H and O–H groups in total. The molecule has 1 saturated heterocycles. The van der Waals surface area contributed by atoms with E-state index < -0.39 is 0 Å². The normalized spacial score (nSPS) is 13.7. The molecular formula is C31H40N4O4S. The molecule has 4 rings (SSSR count). The third-order valence-corrected chi connectivity index (χ3v) is 7.79. The topological polar surface area (TPSA) is 77.0 Å². The molecule has 9 heteroatoms. The zero-order chi connectivity index (χ0) is 28.7. The molecule has 0 saturated carbocycles. The van der Waals surface area contributed by atoms with Gasteiger partial charge in [0.25, 0.3) is 5.91 Å². The van der Waals surface area contributed by atoms with E-state index in [9.17, 15) is 4.79 Å². The zero-order valence-corrected chi connectivity index (χ0v) is 25.2. The molecule has 0 radical (unpaired) electrons. The van der Waals surface area contributed by atoms with Crippen LogP contribution in [0.5, 0.6) is 11.5 Å². The monoisotopic (exact) mass is 564 g/mol. The van der Waals surface area contributed by atoms with E-state index >= 15 is 0 Å². The number of morpholine rings is 1. The predicted molar refractivity (Wildman–Crippen MR) is 160 cm³/mol. The number of nitrogens with zero attached hydrogens (tertiary/aromatic N) is 4. The van der Waals surface area contributed by atoms with Crippen molar-refractivity contribution < 1.29 is 19.0 Å². The van der Waals surface area contributed by atoms with Crippen molar-refractivity contribution in [2.24, 2.45) is 0 Å². The summed E-state index contributed by atoms with van der Waals surface area (Å²) >= 11 is 1.59. The Morgan fingerprint density at radius 3 is 2.45 bits per heavy atom. The quantitative estimate of drug-likeness (QED) is 0.245. The number of ether oxygens (including phenoxy) is 3. The van der Waals surface area contributed by atoms with Crippen molar-refractivity contribution in [2.45, 2.75) is 43.5 Å². The molecule has 2 aromatic carbocycles. The Labute approximate surface area is 242 Å². The van der Waals surface area contributed by atoms with Gasteiger partial charge in [0.05, 0.1) is 33.1 Å². The highest BCUT2D eigenvalue weighted by molar-refractivity contribution is 7.98. The van der Waals surface area contributed by atoms with Gasteiger partial charge in [-0.3, -0.25) is 4.79 Å². The van der Waals surface area contributed by atoms with Crippen molar-refractivity contribution in [3.8, 4) is 11.5 Å². The molecule has 214 valence electrons. The maximum Gasteiger partial charge on any atom is 0.254 e. The van der Waals surface area contributed by atoms with Crippen LogP contribution in [0.3, 0.4) is 0 Å². The molecule has 1 aromatic heterocycles. The van der Waals surface area contributed by atoms with Crippen LogP contribution in [-0.2, 0) is 22.3 Å². The molecule has 0 unspecified atom stereocenters. The third kappa shape index (κ3) is 7.67. The molecule has 1 amide bonds. The van der Waals surface area contributed by atoms with E-state index in [2.05, 4.69) is 44.9 Å². The fourth-order valence-corrected chi connectivity index (χ4v) is 5.19. The van der Waals surface area contributed by atoms with Gasteiger partial charge in [0, 0.05) is 49.5 Å². The number of anilines is 1. The third-order valence-electron chi connectivity index (χ3n) is 6.88. The minimum Gasteiger partial charge on any atom is -0.493 e. The first kappa shape index (κ1) is 29.7. The molecule has 0 aliphatic carbocycles. The first-order valence-corrected chi connectivity index (χ1v) is 14.6. The van der Waals surface area contributed by atoms with E-state index in [4.69, 9.17) is 24.2 Å². The minimum atomic E-state index is -0.123. The molecule has 0 bridgehead atoms. The number of carbonyl (C=O) groups excluding carboxylic acids is 1. The van der Waals surface area contributed by atoms with Crippen molar-refractivity contribution in [3.05, 3.63) is 70.9 Å². The van der Waals surface area contributed by atoms with Crippen LogP contribution in [0, 0.1) is 0 Å². The van der Waals surface area contributed by atoms with E-state index in [-0.39, 0.29) is 11.3 Å². The van der Waals surface area contributed by atoms with Gasteiger partial charge in [-0.2, -0.15) is 0 Å². The number of benzene rings is 2. The fourth-order valence-electron chi connectivity index (χ4n) is 4.40. The van der Waals surface area contributed by atoms with E-state index in [1.165, 1.54) is 0 Å². The summed E-state index contributed by atoms with van der Waals surface area (Å²) in [7, 11) is 5.36. The molecular weight excluding hydrogens is 524 g/mol. The lowest BCUT2D eigenvalue weighted by Gasteiger charge is -2.27. The van der Waals surface area contributed by atoms with Crippen LogP contribution in [0.2, 0.25) is 0 Å². The fraction of sp³-hybridized carbons (Fsp3) is 0.452. The summed E-state index contributed by atoms with van der Waals surface area (Å²) in [5, 5.41) is 0.727. The van der Waals surface area contributed by atoms with E-state index in [1.807, 2.05) is 41.3 Å². The largest absolute Gasteiger partial charge is 0.493 e. The molecule has 8 nitrogen and oxygen atoms in total. The van der Waals surface area contributed by atoms with Gasteiger partial charge in [0.15, 0.2) is 16.7 Å². The lowest BCUT2D eigenvalue weighted by atomic mass is 9.92. The van der Waals surface area contributed by atoms with Gasteiger partial charge in [-0.1, -0.05) is 50.7 Å². The number of likely N-dealkylation sites (N-methyl/N-ethyl adjacent to an activating group) is 1. The van der Waals surface area contributed by atoms with Gasteiger partial charge >= 0.3 is 0 Å². The van der Waals surface area contributed by atoms with Gasteiger partial charge in [-0.05, 0) is 41.8 Å². The Morgan fingerprint density at radius 2 is 1.75 bits per heavy atom. The molecule has 2 heterocycles. The standard InChI is InChI=1S/C31H40N4O4S/c1-31(2,3)27-20-28(34(4)13-12-22-10-11-25(37-5)26(19-22)38-6)33-30(32-27)40-21-23-8-7-9-24(18-23)29(36)35-14-16-39-17-15-35/h7-11,18-20H,12-17,21H2,1-6H3. The predicted octanol–water partition coefficient (Wildman–Crippen LogP) is 5.23. The smallest absolute Gasteiger partial charge is 0.254 e. The summed E-state index contributed by atoms with van der Waals surface area (Å²) < 4.78 is 16.2. The lowest BCUT2D eigenvalue weighted by Crippen LogP contribution is -2.40. The number of thioether (sulfide) groups is 1. The molecule has 0 spiro atoms. The molecule has 0 atom stereocenters. The highest BCUT2D eigenvalue weighted by atomic mass is 32.2. The van der Waals surface area contributed by atoms with Crippen LogP contribution in [-0.4, -0.2) is 74.9 Å². The Bertz CT molecular complexity index is 1300. The zero-order valence-electron chi connectivity index (χ0n) is 24.4. The van der Waals surface area contributed by atoms with Crippen molar-refractivity contribution in [1.82, 2.24) is 14.9 Å². The summed E-state index contributed by atoms with van der Waals surface area (Å²) in [5.41, 5.74) is 3.81. The van der Waals surface area contributed by atoms with Crippen LogP contribution in [0.15, 0.2) is 53.7 Å². The minimum absolute atomic E-state index is 0.0551. The molecule has 40 heavy (non-hydrogen) atoms. The summed E-state index contributed by atoms with van der Waals surface area (Å²) in [6.07, 6.45) is 0.831. The second-order valence-electron chi connectivity index (χ2n) is 10.9. The SMILES string of the molecule is COc1ccc(CCN(C)c2cc(C(C)(C)C)nc(SCc3cccc(C(=O)N4CCOCC4)c3)n2)cc1OC. The van der Waals surface area contributed by atoms with Gasteiger partial charge in [-0.15, -0.1) is 0 Å². The maximum absolute atomic E-state index is 13.0. The summed E-state index contributed by atoms with van der Waals surface area (Å²) in [6, 6.07) is 16.0. The Balaban J connectivity index is 1.47. The molecule has 1 fully saturated rings. The van der Waals surface area contributed by atoms with Crippen LogP contribution in [0.1, 0.15) is 48.0 Å². The number of methoxy groups -OCH3 is 2. The van der Waals surface area contributed by atoms with E-state index in [0.29, 0.717) is 37.6 Å². The maximum atomic E-state index is 13.0. The van der Waals surface area contributed by atoms with Crippen LogP contribution in [0.4, 0.5) is 5.82 Å². The molecule has 1 aliphatic heterocycles. The summed E-state index contributed by atoms with van der Waals surface area (Å²) in [4.78, 5) is 26.8. The molecule has 3 aromatic rings. The van der Waals surface area contributed by atoms with Crippen LogP contribution >= 0.6 is 11.8 Å². The number of amides is 1. The van der Waals surface area contributed by atoms with E-state index in [0.717, 1.165) is 52.3 Å². The first-order chi connectivity index (χ1) is 19.2. The van der Waals surface area contributed by atoms with Crippen molar-refractivity contribution >= 4 is 23.5 Å². The number of aromatic nitrogens is 2. The number of carbonyl (C=O) groups is 1. The number of hydrogen-bond acceptors (Lipinski definition) is 8. The summed E-state index contributed by atoms with van der Waals surface area (Å²) in [6.45, 7) is 9.72. The highest BCUT2D eigenvalue weighted by Gasteiger charge is 2.21. The second-order valence-corrected chi connectivity index (χ2v) is 11.8. The Morgan fingerprint density at radius 1 is 1.00 bits per heavy atom. The highest BCUT2D eigenvalue weighted by Crippen LogP contribution is 2.30. The first-order valence-electron chi connectivity index (χ1n) is 13.6. The Kier molecular flexibility index (Phi) is 9.92. The van der Waals surface area contributed by atoms with Crippen molar-refractivity contribution in [3.63, 3.8) is 0 Å². The van der Waals surface area contributed by atoms with E-state index in [1.54, 1.807) is 26.0 Å². The van der Waals surface area contributed by atoms with Crippen molar-refractivity contribution in [1.29, 1.82) is 0 Å². The summed E-state index contributed by atoms with van der Waals surface area (Å²) in [5.74, 6) is 3.07. The van der Waals surface area contributed by atoms with Gasteiger partial charge in [0.2, 0.25) is 0 Å². The number of hydrogen-bond donors (Lipinski definition) is 0. The van der Waals surface area contributed by atoms with Crippen molar-refractivity contribution in [2.75, 3.05) is 59.0 Å².